The summed E-state index contributed by atoms with van der Waals surface area (Å²) >= 11 is 0.926. The van der Waals surface area contributed by atoms with Crippen molar-refractivity contribution in [1.29, 1.82) is 0 Å². The van der Waals surface area contributed by atoms with E-state index in [0.29, 0.717) is 6.61 Å². The van der Waals surface area contributed by atoms with E-state index in [1.807, 2.05) is 0 Å². The normalized spacial score (nSPS) is 17.5. The maximum Gasteiger partial charge on any atom is 0.377 e. The average molecular weight is 330 g/mol. The van der Waals surface area contributed by atoms with Crippen LogP contribution in [0.2, 0.25) is 0 Å². The highest BCUT2D eigenvalue weighted by Crippen LogP contribution is 2.17. The first kappa shape index (κ1) is 16.1. The molecule has 1 fully saturated rings. The Morgan fingerprint density at radius 1 is 1.36 bits per heavy atom. The van der Waals surface area contributed by atoms with Crippen LogP contribution in [-0.2, 0) is 28.6 Å². The number of nitrogens with one attached hydrogen (secondary N) is 1. The van der Waals surface area contributed by atoms with Crippen LogP contribution in [0.25, 0.3) is 0 Å². The van der Waals surface area contributed by atoms with E-state index in [1.165, 1.54) is 0 Å². The molecule has 0 aromatic heterocycles. The minimum absolute atomic E-state index is 0.0897. The van der Waals surface area contributed by atoms with Gasteiger partial charge in [-0.3, -0.25) is 19.3 Å². The van der Waals surface area contributed by atoms with Crippen LogP contribution < -0.4 is 5.32 Å². The third-order valence-electron chi connectivity index (χ3n) is 2.68. The van der Waals surface area contributed by atoms with E-state index in [0.717, 1.165) is 22.9 Å². The second kappa shape index (κ2) is 7.69. The zero-order valence-electron chi connectivity index (χ0n) is 11.5. The molecule has 9 nitrogen and oxygen atoms in total. The van der Waals surface area contributed by atoms with Gasteiger partial charge in [0.25, 0.3) is 11.1 Å². The summed E-state index contributed by atoms with van der Waals surface area (Å²) in [5.41, 5.74) is 0. The molecule has 0 aromatic rings. The highest BCUT2D eigenvalue weighted by Gasteiger charge is 2.29. The predicted octanol–water partition coefficient (Wildman–Crippen LogP) is -0.771. The molecule has 2 aliphatic heterocycles. The van der Waals surface area contributed by atoms with Crippen LogP contribution in [-0.4, -0.2) is 66.6 Å². The second-order valence-corrected chi connectivity index (χ2v) is 5.15. The maximum absolute atomic E-state index is 11.5. The molecule has 0 spiro atoms. The largest absolute Gasteiger partial charge is 0.493 e. The Bertz CT molecular complexity index is 504. The molecule has 120 valence electrons. The Labute approximate surface area is 129 Å². The Morgan fingerprint density at radius 3 is 2.82 bits per heavy atom. The number of nitrogens with zero attached hydrogens (tertiary/aromatic N) is 1. The summed E-state index contributed by atoms with van der Waals surface area (Å²) in [7, 11) is 0. The number of rotatable bonds is 6. The van der Waals surface area contributed by atoms with Gasteiger partial charge in [0.2, 0.25) is 11.7 Å². The molecule has 2 rings (SSSR count). The van der Waals surface area contributed by atoms with E-state index in [9.17, 15) is 19.2 Å². The first-order valence-electron chi connectivity index (χ1n) is 6.43. The number of hydrogen-bond acceptors (Lipinski definition) is 8. The molecule has 0 saturated carbocycles. The molecule has 1 N–H and O–H groups in total. The van der Waals surface area contributed by atoms with Gasteiger partial charge in [0.15, 0.2) is 6.61 Å². The molecule has 0 atom stereocenters. The zero-order valence-corrected chi connectivity index (χ0v) is 12.3. The van der Waals surface area contributed by atoms with Crippen molar-refractivity contribution in [2.24, 2.45) is 0 Å². The minimum Gasteiger partial charge on any atom is -0.493 e. The summed E-state index contributed by atoms with van der Waals surface area (Å²) in [5.74, 6) is -1.59. The second-order valence-electron chi connectivity index (χ2n) is 4.23. The van der Waals surface area contributed by atoms with Crippen molar-refractivity contribution in [3.63, 3.8) is 0 Å². The number of thioether (sulfide) groups is 1. The third kappa shape index (κ3) is 4.38. The fourth-order valence-corrected chi connectivity index (χ4v) is 2.38. The summed E-state index contributed by atoms with van der Waals surface area (Å²) in [6.07, 6.45) is 1.13. The van der Waals surface area contributed by atoms with E-state index in [2.05, 4.69) is 5.32 Å². The standard InChI is InChI=1S/C12H14N2O7S/c15-9(6-21-11(17)8-5-19-3-4-20-8)13-1-2-14-10(16)7-22-12(14)18/h5H,1-4,6-7H2,(H,13,15). The van der Waals surface area contributed by atoms with Crippen LogP contribution in [0.5, 0.6) is 0 Å². The topological polar surface area (TPSA) is 111 Å². The minimum atomic E-state index is -0.795. The van der Waals surface area contributed by atoms with E-state index in [4.69, 9.17) is 14.2 Å². The fraction of sp³-hybridized carbons (Fsp3) is 0.500. The third-order valence-corrected chi connectivity index (χ3v) is 3.54. The molecule has 10 heteroatoms. The summed E-state index contributed by atoms with van der Waals surface area (Å²) in [5, 5.41) is 2.12. The van der Waals surface area contributed by atoms with Gasteiger partial charge in [-0.05, 0) is 0 Å². The summed E-state index contributed by atoms with van der Waals surface area (Å²) < 4.78 is 14.6. The molecule has 0 aromatic carbocycles. The van der Waals surface area contributed by atoms with Gasteiger partial charge < -0.3 is 19.5 Å². The van der Waals surface area contributed by atoms with Crippen LogP contribution in [0.15, 0.2) is 12.0 Å². The molecule has 3 amide bonds. The van der Waals surface area contributed by atoms with E-state index >= 15 is 0 Å². The van der Waals surface area contributed by atoms with Gasteiger partial charge in [0.05, 0.1) is 5.75 Å². The smallest absolute Gasteiger partial charge is 0.377 e. The van der Waals surface area contributed by atoms with Gasteiger partial charge in [-0.2, -0.15) is 0 Å². The lowest BCUT2D eigenvalue weighted by Gasteiger charge is -2.15. The van der Waals surface area contributed by atoms with Gasteiger partial charge >= 0.3 is 5.97 Å². The molecule has 1 saturated heterocycles. The van der Waals surface area contributed by atoms with Crippen molar-refractivity contribution in [1.82, 2.24) is 10.2 Å². The summed E-state index contributed by atoms with van der Waals surface area (Å²) in [6, 6.07) is 0. The molecule has 0 bridgehead atoms. The zero-order chi connectivity index (χ0) is 15.9. The number of ether oxygens (including phenoxy) is 3. The lowest BCUT2D eigenvalue weighted by atomic mass is 10.5. The monoisotopic (exact) mass is 330 g/mol. The van der Waals surface area contributed by atoms with Crippen LogP contribution in [0.3, 0.4) is 0 Å². The van der Waals surface area contributed by atoms with Crippen molar-refractivity contribution in [3.05, 3.63) is 12.0 Å². The Morgan fingerprint density at radius 2 is 2.18 bits per heavy atom. The predicted molar refractivity (Wildman–Crippen MR) is 73.5 cm³/mol. The maximum atomic E-state index is 11.5. The Hall–Kier alpha value is -2.23. The SMILES string of the molecule is O=C(COC(=O)C1=COCCO1)NCCN1C(=O)CSC1=O. The number of imide groups is 1. The number of hydrogen-bond donors (Lipinski definition) is 1. The first-order chi connectivity index (χ1) is 10.6. The van der Waals surface area contributed by atoms with Crippen molar-refractivity contribution in [3.8, 4) is 0 Å². The van der Waals surface area contributed by atoms with Crippen molar-refractivity contribution < 1.29 is 33.4 Å². The summed E-state index contributed by atoms with van der Waals surface area (Å²) in [4.78, 5) is 46.7. The molecule has 2 aliphatic rings. The fourth-order valence-electron chi connectivity index (χ4n) is 1.63. The molecular formula is C12H14N2O7S. The molecular weight excluding hydrogens is 316 g/mol. The number of esters is 1. The molecule has 0 radical (unpaired) electrons. The highest BCUT2D eigenvalue weighted by molar-refractivity contribution is 8.14. The van der Waals surface area contributed by atoms with Crippen LogP contribution in [0, 0.1) is 0 Å². The van der Waals surface area contributed by atoms with Gasteiger partial charge in [0.1, 0.15) is 19.5 Å². The van der Waals surface area contributed by atoms with Crippen LogP contribution >= 0.6 is 11.8 Å². The number of amides is 3. The van der Waals surface area contributed by atoms with E-state index in [-0.39, 0.29) is 42.4 Å². The van der Waals surface area contributed by atoms with E-state index in [1.54, 1.807) is 0 Å². The number of carbonyl (C=O) groups excluding carboxylic acids is 4. The van der Waals surface area contributed by atoms with Gasteiger partial charge in [0, 0.05) is 13.1 Å². The van der Waals surface area contributed by atoms with Crippen LogP contribution in [0.4, 0.5) is 4.79 Å². The number of carbonyl (C=O) groups is 4. The van der Waals surface area contributed by atoms with Crippen molar-refractivity contribution in [2.45, 2.75) is 0 Å². The molecule has 0 aliphatic carbocycles. The Kier molecular flexibility index (Phi) is 5.64. The van der Waals surface area contributed by atoms with Gasteiger partial charge in [-0.1, -0.05) is 11.8 Å². The van der Waals surface area contributed by atoms with Crippen molar-refractivity contribution in [2.75, 3.05) is 38.7 Å². The first-order valence-corrected chi connectivity index (χ1v) is 7.42. The van der Waals surface area contributed by atoms with Crippen LogP contribution in [0.1, 0.15) is 0 Å². The summed E-state index contributed by atoms with van der Waals surface area (Å²) in [6.45, 7) is 0.284. The van der Waals surface area contributed by atoms with Crippen molar-refractivity contribution >= 4 is 34.8 Å². The lowest BCUT2D eigenvalue weighted by molar-refractivity contribution is -0.149. The Balaban J connectivity index is 1.63. The van der Waals surface area contributed by atoms with Gasteiger partial charge in [-0.15, -0.1) is 0 Å². The quantitative estimate of drug-likeness (QED) is 0.632. The van der Waals surface area contributed by atoms with Gasteiger partial charge in [-0.25, -0.2) is 4.79 Å². The molecule has 2 heterocycles. The molecule has 0 unspecified atom stereocenters. The molecule has 22 heavy (non-hydrogen) atoms. The highest BCUT2D eigenvalue weighted by atomic mass is 32.2. The average Bonchev–Trinajstić information content (AvgIpc) is 2.85. The lowest BCUT2D eigenvalue weighted by Crippen LogP contribution is -2.38. The van der Waals surface area contributed by atoms with E-state index < -0.39 is 18.5 Å².